The molecule has 0 aliphatic carbocycles. The Hall–Kier alpha value is -3.86. The number of hydrogen-bond donors (Lipinski definition) is 1. The van der Waals surface area contributed by atoms with E-state index < -0.39 is 0 Å². The van der Waals surface area contributed by atoms with Gasteiger partial charge >= 0.3 is 0 Å². The third-order valence-corrected chi connectivity index (χ3v) is 11.0. The van der Waals surface area contributed by atoms with Crippen molar-refractivity contribution in [2.75, 3.05) is 0 Å². The van der Waals surface area contributed by atoms with Crippen molar-refractivity contribution >= 4 is 49.4 Å². The van der Waals surface area contributed by atoms with Crippen LogP contribution in [0.2, 0.25) is 0 Å². The molecular formula is C45H53IrN2O3-. The molecule has 0 saturated carbocycles. The van der Waals surface area contributed by atoms with E-state index in [1.807, 2.05) is 66.7 Å². The van der Waals surface area contributed by atoms with E-state index in [1.165, 1.54) is 22.4 Å². The number of aliphatic hydroxyl groups excluding tert-OH is 1. The Morgan fingerprint density at radius 1 is 0.863 bits per heavy atom. The molecule has 4 aromatic carbocycles. The monoisotopic (exact) mass is 862 g/mol. The number of carbonyl (C=O) groups is 1. The van der Waals surface area contributed by atoms with Crippen LogP contribution in [-0.4, -0.2) is 20.9 Å². The van der Waals surface area contributed by atoms with Crippen LogP contribution in [0, 0.1) is 36.7 Å². The Labute approximate surface area is 317 Å². The first-order chi connectivity index (χ1) is 23.8. The molecule has 0 bridgehead atoms. The normalized spacial score (nSPS) is 12.4. The number of aryl methyl sites for hydroxylation is 2. The SMILES string of the molecule is CCC(C)(CC)C(=O)/C=C(\O)C(C)(CC)CC.Cc1nc(-c2[c-]cc(C)c3c2oc2ccccc23)c2ccc3cccc(CC(C)C)c3c2n1.[Ir]. The predicted octanol–water partition coefficient (Wildman–Crippen LogP) is 12.6. The summed E-state index contributed by atoms with van der Waals surface area (Å²) in [5, 5.41) is 15.9. The van der Waals surface area contributed by atoms with E-state index in [4.69, 9.17) is 14.4 Å². The summed E-state index contributed by atoms with van der Waals surface area (Å²) in [6, 6.07) is 24.6. The van der Waals surface area contributed by atoms with E-state index in [2.05, 4.69) is 69.3 Å². The summed E-state index contributed by atoms with van der Waals surface area (Å²) in [6.45, 7) is 20.7. The number of aliphatic hydroxyl groups is 1. The summed E-state index contributed by atoms with van der Waals surface area (Å²) in [4.78, 5) is 22.0. The molecule has 5 nitrogen and oxygen atoms in total. The number of benzene rings is 4. The van der Waals surface area contributed by atoms with Crippen molar-refractivity contribution in [2.24, 2.45) is 16.7 Å². The van der Waals surface area contributed by atoms with Crippen LogP contribution >= 0.6 is 0 Å². The summed E-state index contributed by atoms with van der Waals surface area (Å²) in [5.41, 5.74) is 6.38. The molecule has 0 fully saturated rings. The summed E-state index contributed by atoms with van der Waals surface area (Å²) < 4.78 is 6.38. The van der Waals surface area contributed by atoms with Gasteiger partial charge in [0, 0.05) is 53.5 Å². The molecule has 51 heavy (non-hydrogen) atoms. The third-order valence-electron chi connectivity index (χ3n) is 11.0. The van der Waals surface area contributed by atoms with Gasteiger partial charge in [-0.25, -0.2) is 4.98 Å². The minimum absolute atomic E-state index is 0. The van der Waals surface area contributed by atoms with E-state index in [0.717, 1.165) is 87.6 Å². The number of rotatable bonds is 10. The summed E-state index contributed by atoms with van der Waals surface area (Å²) in [6.07, 6.45) is 5.77. The minimum Gasteiger partial charge on any atom is -0.512 e. The molecule has 1 radical (unpaired) electrons. The molecule has 0 unspecified atom stereocenters. The van der Waals surface area contributed by atoms with Gasteiger partial charge in [-0.15, -0.1) is 17.7 Å². The molecule has 6 heteroatoms. The standard InChI is InChI=1S/C30H25N2O.C15H28O2.Ir/c1-17(2)16-21-9-7-8-20-13-15-23-28(31-19(4)32-29(23)27(20)21)24-14-12-18(3)26-22-10-5-6-11-25(22)33-30(24)26;1-7-14(5,8-2)12(16)11-13(17)15(6,9-3)10-4;/h5-13,15,17H,16H2,1-4H3;11,16H,7-10H2,1-6H3;/q-1;;/b;12-11-;. The second kappa shape index (κ2) is 16.2. The van der Waals surface area contributed by atoms with Crippen molar-refractivity contribution in [3.63, 3.8) is 0 Å². The topological polar surface area (TPSA) is 76.2 Å². The first-order valence-corrected chi connectivity index (χ1v) is 18.3. The van der Waals surface area contributed by atoms with Crippen molar-refractivity contribution in [1.29, 1.82) is 0 Å². The molecule has 0 atom stereocenters. The van der Waals surface area contributed by atoms with Gasteiger partial charge in [0.2, 0.25) is 0 Å². The molecule has 1 N–H and O–H groups in total. The minimum atomic E-state index is -0.337. The summed E-state index contributed by atoms with van der Waals surface area (Å²) in [7, 11) is 0. The van der Waals surface area contributed by atoms with Crippen LogP contribution in [-0.2, 0) is 31.3 Å². The third kappa shape index (κ3) is 7.83. The molecule has 6 aromatic rings. The van der Waals surface area contributed by atoms with Crippen molar-refractivity contribution in [3.05, 3.63) is 95.5 Å². The summed E-state index contributed by atoms with van der Waals surface area (Å²) in [5.74, 6) is 1.60. The molecule has 0 aliphatic heterocycles. The summed E-state index contributed by atoms with van der Waals surface area (Å²) >= 11 is 0. The number of carbonyl (C=O) groups excluding carboxylic acids is 1. The number of aromatic nitrogens is 2. The molecule has 2 heterocycles. The maximum atomic E-state index is 12.2. The van der Waals surface area contributed by atoms with Crippen molar-refractivity contribution < 1.29 is 34.4 Å². The number of hydrogen-bond acceptors (Lipinski definition) is 5. The zero-order chi connectivity index (χ0) is 36.4. The van der Waals surface area contributed by atoms with Gasteiger partial charge in [-0.05, 0) is 67.3 Å². The molecule has 2 aromatic heterocycles. The first kappa shape index (κ1) is 39.9. The van der Waals surface area contributed by atoms with Crippen LogP contribution in [0.3, 0.4) is 0 Å². The number of para-hydroxylation sites is 1. The van der Waals surface area contributed by atoms with Gasteiger partial charge in [0.15, 0.2) is 5.78 Å². The zero-order valence-electron chi connectivity index (χ0n) is 32.0. The van der Waals surface area contributed by atoms with Crippen molar-refractivity contribution in [3.8, 4) is 11.3 Å². The van der Waals surface area contributed by atoms with Gasteiger partial charge < -0.3 is 9.52 Å². The van der Waals surface area contributed by atoms with Gasteiger partial charge in [0.05, 0.1) is 11.1 Å². The Balaban J connectivity index is 0.000000279. The molecule has 0 aliphatic rings. The van der Waals surface area contributed by atoms with E-state index in [-0.39, 0.29) is 42.5 Å². The predicted molar refractivity (Wildman–Crippen MR) is 210 cm³/mol. The average Bonchev–Trinajstić information content (AvgIpc) is 3.51. The van der Waals surface area contributed by atoms with Crippen LogP contribution in [0.15, 0.2) is 76.9 Å². The van der Waals surface area contributed by atoms with E-state index in [9.17, 15) is 9.90 Å². The fourth-order valence-corrected chi connectivity index (χ4v) is 6.74. The smallest absolute Gasteiger partial charge is 0.164 e. The Kier molecular flexibility index (Phi) is 12.7. The Bertz CT molecular complexity index is 2200. The zero-order valence-corrected chi connectivity index (χ0v) is 34.4. The molecule has 6 rings (SSSR count). The van der Waals surface area contributed by atoms with Gasteiger partial charge in [-0.1, -0.05) is 122 Å². The first-order valence-electron chi connectivity index (χ1n) is 18.3. The van der Waals surface area contributed by atoms with Crippen LogP contribution < -0.4 is 0 Å². The van der Waals surface area contributed by atoms with Gasteiger partial charge in [0.1, 0.15) is 17.2 Å². The van der Waals surface area contributed by atoms with Gasteiger partial charge in [0.25, 0.3) is 0 Å². The van der Waals surface area contributed by atoms with Crippen LogP contribution in [0.1, 0.15) is 98.0 Å². The van der Waals surface area contributed by atoms with E-state index >= 15 is 0 Å². The largest absolute Gasteiger partial charge is 0.512 e. The Morgan fingerprint density at radius 3 is 2.18 bits per heavy atom. The molecule has 0 saturated heterocycles. The van der Waals surface area contributed by atoms with Crippen molar-refractivity contribution in [2.45, 2.75) is 101 Å². The molecule has 0 spiro atoms. The second-order valence-electron chi connectivity index (χ2n) is 14.8. The fourth-order valence-electron chi connectivity index (χ4n) is 6.74. The average molecular weight is 862 g/mol. The van der Waals surface area contributed by atoms with E-state index in [1.54, 1.807) is 0 Å². The van der Waals surface area contributed by atoms with Crippen molar-refractivity contribution in [1.82, 2.24) is 9.97 Å². The fraction of sp³-hybridized carbons (Fsp3) is 0.400. The quantitative estimate of drug-likeness (QED) is 0.0643. The molecule has 271 valence electrons. The molecule has 0 amide bonds. The number of ketones is 1. The number of fused-ring (bicyclic) bond motifs is 6. The second-order valence-corrected chi connectivity index (χ2v) is 14.8. The molecular weight excluding hydrogens is 809 g/mol. The number of nitrogens with zero attached hydrogens (tertiary/aromatic N) is 2. The number of allylic oxidation sites excluding steroid dienone is 2. The Morgan fingerprint density at radius 2 is 1.53 bits per heavy atom. The van der Waals surface area contributed by atoms with Crippen LogP contribution in [0.25, 0.3) is 54.9 Å². The maximum absolute atomic E-state index is 12.2. The van der Waals surface area contributed by atoms with Gasteiger partial charge in [-0.2, -0.15) is 0 Å². The van der Waals surface area contributed by atoms with E-state index in [0.29, 0.717) is 5.92 Å². The van der Waals surface area contributed by atoms with Crippen LogP contribution in [0.4, 0.5) is 0 Å². The maximum Gasteiger partial charge on any atom is 0.164 e. The number of furan rings is 1. The van der Waals surface area contributed by atoms with Gasteiger partial charge in [-0.3, -0.25) is 9.78 Å². The van der Waals surface area contributed by atoms with Crippen LogP contribution in [0.5, 0.6) is 0 Å².